The summed E-state index contributed by atoms with van der Waals surface area (Å²) in [5, 5.41) is 1.77. The number of hydrogen-bond acceptors (Lipinski definition) is 4. The van der Waals surface area contributed by atoms with Gasteiger partial charge in [0.1, 0.15) is 12.4 Å². The molecule has 0 unspecified atom stereocenters. The maximum atomic E-state index is 12.1. The summed E-state index contributed by atoms with van der Waals surface area (Å²) >= 11 is 5.36. The average molecular weight is 284 g/mol. The molecule has 1 aliphatic rings. The Morgan fingerprint density at radius 2 is 1.85 bits per heavy atom. The monoisotopic (exact) mass is 284 g/mol. The lowest BCUT2D eigenvalue weighted by Crippen LogP contribution is -2.37. The highest BCUT2D eigenvalue weighted by Gasteiger charge is 2.34. The van der Waals surface area contributed by atoms with Crippen molar-refractivity contribution >= 4 is 34.7 Å². The van der Waals surface area contributed by atoms with Crippen LogP contribution in [-0.4, -0.2) is 27.6 Å². The first-order chi connectivity index (χ1) is 9.75. The van der Waals surface area contributed by atoms with Crippen molar-refractivity contribution in [1.29, 1.82) is 0 Å². The van der Waals surface area contributed by atoms with Gasteiger partial charge in [0.25, 0.3) is 5.91 Å². The molecule has 5 nitrogen and oxygen atoms in total. The molecule has 20 heavy (non-hydrogen) atoms. The SMILES string of the molecule is O=C1CN(c2ccccc2)C(=S)N1Nc1ccccn1. The van der Waals surface area contributed by atoms with Crippen LogP contribution in [0.15, 0.2) is 54.7 Å². The number of carbonyl (C=O) groups excluding carboxylic acids is 1. The van der Waals surface area contributed by atoms with Crippen LogP contribution in [0.3, 0.4) is 0 Å². The van der Waals surface area contributed by atoms with Gasteiger partial charge in [-0.2, -0.15) is 5.01 Å². The zero-order valence-corrected chi connectivity index (χ0v) is 11.4. The molecule has 1 fully saturated rings. The maximum absolute atomic E-state index is 12.1. The highest BCUT2D eigenvalue weighted by Crippen LogP contribution is 2.21. The van der Waals surface area contributed by atoms with Gasteiger partial charge in [0, 0.05) is 11.9 Å². The van der Waals surface area contributed by atoms with Gasteiger partial charge in [0.2, 0.25) is 5.11 Å². The Bertz CT molecular complexity index is 632. The van der Waals surface area contributed by atoms with Crippen LogP contribution in [0.2, 0.25) is 0 Å². The number of amides is 1. The number of hydrazine groups is 1. The van der Waals surface area contributed by atoms with E-state index in [0.29, 0.717) is 10.9 Å². The topological polar surface area (TPSA) is 48.5 Å². The third kappa shape index (κ3) is 2.33. The van der Waals surface area contributed by atoms with Crippen molar-refractivity contribution < 1.29 is 4.79 Å². The number of anilines is 2. The predicted octanol–water partition coefficient (Wildman–Crippen LogP) is 2.04. The standard InChI is InChI=1S/C14H12N4OS/c19-13-10-17(11-6-2-1-3-7-11)14(20)18(13)16-12-8-4-5-9-15-12/h1-9H,10H2,(H,15,16). The number of pyridine rings is 1. The van der Waals surface area contributed by atoms with Gasteiger partial charge < -0.3 is 4.90 Å². The highest BCUT2D eigenvalue weighted by atomic mass is 32.1. The Morgan fingerprint density at radius 3 is 2.55 bits per heavy atom. The molecular formula is C14H12N4OS. The number of para-hydroxylation sites is 1. The summed E-state index contributed by atoms with van der Waals surface area (Å²) in [6, 6.07) is 15.0. The summed E-state index contributed by atoms with van der Waals surface area (Å²) in [7, 11) is 0. The lowest BCUT2D eigenvalue weighted by molar-refractivity contribution is -0.123. The van der Waals surface area contributed by atoms with Crippen LogP contribution in [0.25, 0.3) is 0 Å². The highest BCUT2D eigenvalue weighted by molar-refractivity contribution is 7.80. The summed E-state index contributed by atoms with van der Waals surface area (Å²) in [5.74, 6) is 0.475. The molecule has 1 aromatic heterocycles. The number of nitrogens with one attached hydrogen (secondary N) is 1. The normalized spacial score (nSPS) is 14.8. The Labute approximate surface area is 121 Å². The second kappa shape index (κ2) is 5.26. The van der Waals surface area contributed by atoms with Crippen molar-refractivity contribution in [3.05, 3.63) is 54.7 Å². The fourth-order valence-electron chi connectivity index (χ4n) is 1.96. The van der Waals surface area contributed by atoms with E-state index in [2.05, 4.69) is 10.4 Å². The minimum Gasteiger partial charge on any atom is -0.308 e. The predicted molar refractivity (Wildman–Crippen MR) is 81.1 cm³/mol. The van der Waals surface area contributed by atoms with E-state index in [1.54, 1.807) is 17.2 Å². The second-order valence-corrected chi connectivity index (χ2v) is 4.63. The minimum atomic E-state index is -0.107. The smallest absolute Gasteiger partial charge is 0.267 e. The first-order valence-corrected chi connectivity index (χ1v) is 6.54. The lowest BCUT2D eigenvalue weighted by Gasteiger charge is -2.20. The van der Waals surface area contributed by atoms with Gasteiger partial charge in [-0.15, -0.1) is 0 Å². The number of aromatic nitrogens is 1. The molecule has 0 spiro atoms. The maximum Gasteiger partial charge on any atom is 0.267 e. The molecule has 0 atom stereocenters. The van der Waals surface area contributed by atoms with Crippen LogP contribution in [0.4, 0.5) is 11.5 Å². The molecule has 1 saturated heterocycles. The fourth-order valence-corrected chi connectivity index (χ4v) is 2.28. The quantitative estimate of drug-likeness (QED) is 0.874. The van der Waals surface area contributed by atoms with Crippen molar-refractivity contribution in [2.45, 2.75) is 0 Å². The summed E-state index contributed by atoms with van der Waals surface area (Å²) in [5.41, 5.74) is 3.83. The summed E-state index contributed by atoms with van der Waals surface area (Å²) in [4.78, 5) is 18.0. The molecule has 0 radical (unpaired) electrons. The van der Waals surface area contributed by atoms with E-state index >= 15 is 0 Å². The molecule has 0 saturated carbocycles. The van der Waals surface area contributed by atoms with Gasteiger partial charge >= 0.3 is 0 Å². The summed E-state index contributed by atoms with van der Waals surface area (Å²) in [6.45, 7) is 0.225. The van der Waals surface area contributed by atoms with Crippen molar-refractivity contribution in [3.8, 4) is 0 Å². The third-order valence-corrected chi connectivity index (χ3v) is 3.33. The molecule has 1 amide bonds. The van der Waals surface area contributed by atoms with Crippen LogP contribution in [0.1, 0.15) is 0 Å². The number of carbonyl (C=O) groups is 1. The van der Waals surface area contributed by atoms with Crippen LogP contribution < -0.4 is 10.3 Å². The summed E-state index contributed by atoms with van der Waals surface area (Å²) in [6.07, 6.45) is 1.65. The Balaban J connectivity index is 1.81. The zero-order valence-electron chi connectivity index (χ0n) is 10.6. The van der Waals surface area contributed by atoms with E-state index in [1.807, 2.05) is 42.5 Å². The van der Waals surface area contributed by atoms with Gasteiger partial charge in [-0.1, -0.05) is 24.3 Å². The molecule has 100 valence electrons. The van der Waals surface area contributed by atoms with E-state index in [-0.39, 0.29) is 12.5 Å². The Kier molecular flexibility index (Phi) is 3.30. The van der Waals surface area contributed by atoms with E-state index in [4.69, 9.17) is 12.2 Å². The number of nitrogens with zero attached hydrogens (tertiary/aromatic N) is 3. The van der Waals surface area contributed by atoms with Gasteiger partial charge in [-0.05, 0) is 36.5 Å². The van der Waals surface area contributed by atoms with Gasteiger partial charge in [0.05, 0.1) is 0 Å². The summed E-state index contributed by atoms with van der Waals surface area (Å²) < 4.78 is 0. The first kappa shape index (κ1) is 12.6. The van der Waals surface area contributed by atoms with Gasteiger partial charge in [-0.3, -0.25) is 10.2 Å². The number of rotatable bonds is 3. The Morgan fingerprint density at radius 1 is 1.10 bits per heavy atom. The molecule has 1 aliphatic heterocycles. The molecule has 0 bridgehead atoms. The molecule has 2 heterocycles. The van der Waals surface area contributed by atoms with Crippen molar-refractivity contribution in [1.82, 2.24) is 9.99 Å². The van der Waals surface area contributed by atoms with E-state index in [0.717, 1.165) is 5.69 Å². The molecule has 6 heteroatoms. The molecule has 0 aliphatic carbocycles. The van der Waals surface area contributed by atoms with E-state index in [1.165, 1.54) is 5.01 Å². The van der Waals surface area contributed by atoms with E-state index in [9.17, 15) is 4.79 Å². The van der Waals surface area contributed by atoms with Crippen LogP contribution in [-0.2, 0) is 4.79 Å². The van der Waals surface area contributed by atoms with E-state index < -0.39 is 0 Å². The number of thiocarbonyl (C=S) groups is 1. The van der Waals surface area contributed by atoms with Crippen molar-refractivity contribution in [3.63, 3.8) is 0 Å². The number of hydrogen-bond donors (Lipinski definition) is 1. The molecule has 1 N–H and O–H groups in total. The van der Waals surface area contributed by atoms with Gasteiger partial charge in [0.15, 0.2) is 0 Å². The molecule has 2 aromatic rings. The molecule has 3 rings (SSSR count). The van der Waals surface area contributed by atoms with Crippen LogP contribution in [0, 0.1) is 0 Å². The third-order valence-electron chi connectivity index (χ3n) is 2.92. The van der Waals surface area contributed by atoms with Crippen LogP contribution >= 0.6 is 12.2 Å². The molecular weight excluding hydrogens is 272 g/mol. The average Bonchev–Trinajstić information content (AvgIpc) is 2.77. The fraction of sp³-hybridized carbons (Fsp3) is 0.0714. The van der Waals surface area contributed by atoms with Gasteiger partial charge in [-0.25, -0.2) is 4.98 Å². The molecule has 1 aromatic carbocycles. The Hall–Kier alpha value is -2.47. The van der Waals surface area contributed by atoms with Crippen LogP contribution in [0.5, 0.6) is 0 Å². The van der Waals surface area contributed by atoms with Crippen molar-refractivity contribution in [2.24, 2.45) is 0 Å². The second-order valence-electron chi connectivity index (χ2n) is 4.26. The first-order valence-electron chi connectivity index (χ1n) is 6.13. The minimum absolute atomic E-state index is 0.107. The largest absolute Gasteiger partial charge is 0.308 e. The number of benzene rings is 1. The lowest BCUT2D eigenvalue weighted by atomic mass is 10.3. The zero-order chi connectivity index (χ0) is 13.9. The van der Waals surface area contributed by atoms with Crippen molar-refractivity contribution in [2.75, 3.05) is 16.9 Å².